The molecule has 42 heavy (non-hydrogen) atoms. The largest absolute Gasteiger partial charge is 0.465 e. The molecule has 4 aromatic rings. The van der Waals surface area contributed by atoms with Crippen LogP contribution in [0.2, 0.25) is 10.0 Å². The van der Waals surface area contributed by atoms with Crippen LogP contribution in [-0.2, 0) is 22.4 Å². The molecule has 5 rings (SSSR count). The number of rotatable bonds is 8. The zero-order chi connectivity index (χ0) is 29.6. The van der Waals surface area contributed by atoms with Crippen molar-refractivity contribution >= 4 is 74.8 Å². The van der Waals surface area contributed by atoms with Crippen molar-refractivity contribution in [2.24, 2.45) is 0 Å². The minimum Gasteiger partial charge on any atom is -0.465 e. The molecule has 0 saturated heterocycles. The highest BCUT2D eigenvalue weighted by atomic mass is 35.5. The highest BCUT2D eigenvalue weighted by Gasteiger charge is 2.29. The molecule has 6 nitrogen and oxygen atoms in total. The van der Waals surface area contributed by atoms with Crippen molar-refractivity contribution in [3.63, 3.8) is 0 Å². The Balaban J connectivity index is 1.40. The van der Waals surface area contributed by atoms with Crippen LogP contribution in [-0.4, -0.2) is 24.9 Å². The van der Waals surface area contributed by atoms with Crippen LogP contribution in [0.1, 0.15) is 61.2 Å². The van der Waals surface area contributed by atoms with Crippen molar-refractivity contribution in [2.45, 2.75) is 42.2 Å². The molecule has 3 aromatic carbocycles. The summed E-state index contributed by atoms with van der Waals surface area (Å²) in [5.41, 5.74) is 3.12. The monoisotopic (exact) mass is 638 g/mol. The summed E-state index contributed by atoms with van der Waals surface area (Å²) < 4.78 is 5.12. The Morgan fingerprint density at radius 1 is 0.905 bits per heavy atom. The lowest BCUT2D eigenvalue weighted by atomic mass is 10.1. The third kappa shape index (κ3) is 7.01. The van der Waals surface area contributed by atoms with Gasteiger partial charge in [-0.3, -0.25) is 9.59 Å². The van der Waals surface area contributed by atoms with Crippen molar-refractivity contribution in [3.05, 3.63) is 110 Å². The number of benzene rings is 3. The number of thiophene rings is 1. The maximum Gasteiger partial charge on any atom is 0.341 e. The maximum atomic E-state index is 13.9. The quantitative estimate of drug-likeness (QED) is 0.114. The molecule has 216 valence electrons. The molecular formula is C32H28Cl2N2O4S2. The van der Waals surface area contributed by atoms with E-state index < -0.39 is 11.2 Å². The Hall–Kier alpha value is -3.30. The predicted octanol–water partition coefficient (Wildman–Crippen LogP) is 8.83. The number of methoxy groups -OCH3 is 1. The van der Waals surface area contributed by atoms with Gasteiger partial charge in [0, 0.05) is 20.5 Å². The van der Waals surface area contributed by atoms with Gasteiger partial charge in [0.05, 0.1) is 23.3 Å². The van der Waals surface area contributed by atoms with E-state index in [1.807, 2.05) is 48.5 Å². The molecule has 1 aromatic heterocycles. The van der Waals surface area contributed by atoms with Gasteiger partial charge < -0.3 is 15.4 Å². The molecule has 0 spiro atoms. The highest BCUT2D eigenvalue weighted by Crippen LogP contribution is 2.41. The van der Waals surface area contributed by atoms with Crippen LogP contribution in [0.4, 0.5) is 10.7 Å². The zero-order valence-corrected chi connectivity index (χ0v) is 25.9. The molecule has 1 unspecified atom stereocenters. The summed E-state index contributed by atoms with van der Waals surface area (Å²) >= 11 is 15.0. The molecule has 1 heterocycles. The molecule has 0 saturated carbocycles. The number of fused-ring (bicyclic) bond motifs is 1. The van der Waals surface area contributed by atoms with Crippen LogP contribution in [0.15, 0.2) is 77.7 Å². The van der Waals surface area contributed by atoms with Gasteiger partial charge in [0.2, 0.25) is 5.91 Å². The van der Waals surface area contributed by atoms with E-state index in [-0.39, 0.29) is 16.8 Å². The summed E-state index contributed by atoms with van der Waals surface area (Å²) in [6, 6.07) is 21.4. The van der Waals surface area contributed by atoms with Crippen molar-refractivity contribution in [1.29, 1.82) is 0 Å². The minimum atomic E-state index is -0.629. The Bertz CT molecular complexity index is 1620. The average Bonchev–Trinajstić information content (AvgIpc) is 3.15. The van der Waals surface area contributed by atoms with E-state index in [2.05, 4.69) is 10.6 Å². The first-order valence-electron chi connectivity index (χ1n) is 13.5. The molecule has 2 N–H and O–H groups in total. The van der Waals surface area contributed by atoms with Crippen LogP contribution in [0, 0.1) is 0 Å². The number of ether oxygens (including phenoxy) is 1. The fraction of sp³-hybridized carbons (Fsp3) is 0.219. The molecule has 10 heteroatoms. The van der Waals surface area contributed by atoms with E-state index in [4.69, 9.17) is 27.9 Å². The molecule has 0 aliphatic heterocycles. The van der Waals surface area contributed by atoms with E-state index in [9.17, 15) is 14.4 Å². The molecule has 0 radical (unpaired) electrons. The van der Waals surface area contributed by atoms with Gasteiger partial charge in [-0.05, 0) is 73.2 Å². The predicted molar refractivity (Wildman–Crippen MR) is 171 cm³/mol. The lowest BCUT2D eigenvalue weighted by Crippen LogP contribution is -2.20. The second-order valence-electron chi connectivity index (χ2n) is 9.76. The number of nitrogens with one attached hydrogen (secondary N) is 2. The first kappa shape index (κ1) is 30.2. The van der Waals surface area contributed by atoms with Crippen LogP contribution in [0.25, 0.3) is 0 Å². The minimum absolute atomic E-state index is 0.253. The van der Waals surface area contributed by atoms with E-state index >= 15 is 0 Å². The third-order valence-corrected chi connectivity index (χ3v) is 9.91. The summed E-state index contributed by atoms with van der Waals surface area (Å²) in [4.78, 5) is 41.5. The number of carbonyl (C=O) groups excluding carboxylic acids is 3. The van der Waals surface area contributed by atoms with Gasteiger partial charge in [-0.1, -0.05) is 66.0 Å². The van der Waals surface area contributed by atoms with E-state index in [1.165, 1.54) is 36.3 Å². The molecule has 0 fully saturated rings. The first-order valence-corrected chi connectivity index (χ1v) is 15.9. The molecule has 1 aliphatic rings. The second kappa shape index (κ2) is 13.8. The standard InChI is InChI=1S/C32H28Cl2N2O4S2/c1-40-32(39)27-24-13-6-3-7-14-26(24)42-31(27)36-30(38)28(19-9-4-2-5-10-19)41-22-12-8-11-21(18-22)35-29(37)23-16-15-20(33)17-25(23)34/h2,4-5,8-12,15-18,28H,3,6-7,13-14H2,1H3,(H,35,37)(H,36,38). The van der Waals surface area contributed by atoms with Gasteiger partial charge in [-0.2, -0.15) is 0 Å². The third-order valence-electron chi connectivity index (χ3n) is 6.91. The lowest BCUT2D eigenvalue weighted by molar-refractivity contribution is -0.115. The summed E-state index contributed by atoms with van der Waals surface area (Å²) in [6.07, 6.45) is 4.85. The van der Waals surface area contributed by atoms with Gasteiger partial charge >= 0.3 is 5.97 Å². The van der Waals surface area contributed by atoms with Gasteiger partial charge in [-0.25, -0.2) is 4.79 Å². The van der Waals surface area contributed by atoms with Gasteiger partial charge in [0.15, 0.2) is 0 Å². The van der Waals surface area contributed by atoms with E-state index in [0.717, 1.165) is 53.0 Å². The molecular weight excluding hydrogens is 611 g/mol. The van der Waals surface area contributed by atoms with Gasteiger partial charge in [-0.15, -0.1) is 23.1 Å². The fourth-order valence-corrected chi connectivity index (χ4v) is 7.74. The number of aryl methyl sites for hydroxylation is 1. The number of anilines is 2. The normalized spacial score (nSPS) is 13.4. The average molecular weight is 640 g/mol. The summed E-state index contributed by atoms with van der Waals surface area (Å²) in [6.45, 7) is 0. The maximum absolute atomic E-state index is 13.9. The van der Waals surface area contributed by atoms with Gasteiger partial charge in [0.1, 0.15) is 10.3 Å². The van der Waals surface area contributed by atoms with Crippen molar-refractivity contribution in [2.75, 3.05) is 17.7 Å². The Morgan fingerprint density at radius 3 is 2.45 bits per heavy atom. The smallest absolute Gasteiger partial charge is 0.341 e. The van der Waals surface area contributed by atoms with E-state index in [0.29, 0.717) is 26.8 Å². The first-order chi connectivity index (χ1) is 20.3. The Kier molecular flexibility index (Phi) is 9.90. The number of halogens is 2. The van der Waals surface area contributed by atoms with Crippen LogP contribution in [0.5, 0.6) is 0 Å². The van der Waals surface area contributed by atoms with Gasteiger partial charge in [0.25, 0.3) is 5.91 Å². The fourth-order valence-electron chi connectivity index (χ4n) is 4.88. The highest BCUT2D eigenvalue weighted by molar-refractivity contribution is 8.00. The number of hydrogen-bond donors (Lipinski definition) is 2. The second-order valence-corrected chi connectivity index (χ2v) is 12.9. The number of carbonyl (C=O) groups is 3. The molecule has 2 amide bonds. The topological polar surface area (TPSA) is 84.5 Å². The number of thioether (sulfide) groups is 1. The van der Waals surface area contributed by atoms with Crippen LogP contribution in [0.3, 0.4) is 0 Å². The number of hydrogen-bond acceptors (Lipinski definition) is 6. The summed E-state index contributed by atoms with van der Waals surface area (Å²) in [5, 5.41) is 6.53. The zero-order valence-electron chi connectivity index (χ0n) is 22.7. The number of esters is 1. The molecule has 1 atom stereocenters. The van der Waals surface area contributed by atoms with Crippen LogP contribution >= 0.6 is 46.3 Å². The van der Waals surface area contributed by atoms with E-state index in [1.54, 1.807) is 18.2 Å². The van der Waals surface area contributed by atoms with Crippen molar-refractivity contribution in [3.8, 4) is 0 Å². The molecule has 0 bridgehead atoms. The van der Waals surface area contributed by atoms with Crippen LogP contribution < -0.4 is 10.6 Å². The van der Waals surface area contributed by atoms with Crippen molar-refractivity contribution < 1.29 is 19.1 Å². The Morgan fingerprint density at radius 2 is 1.69 bits per heavy atom. The lowest BCUT2D eigenvalue weighted by Gasteiger charge is -2.18. The SMILES string of the molecule is COC(=O)c1c(NC(=O)C(Sc2cccc(NC(=O)c3ccc(Cl)cc3Cl)c2)c2ccccc2)sc2c1CCCCC2. The Labute approximate surface area is 262 Å². The number of amides is 2. The molecule has 1 aliphatic carbocycles. The van der Waals surface area contributed by atoms with Crippen molar-refractivity contribution in [1.82, 2.24) is 0 Å². The summed E-state index contributed by atoms with van der Waals surface area (Å²) in [5.74, 6) is -1.06. The summed E-state index contributed by atoms with van der Waals surface area (Å²) in [7, 11) is 1.37.